The maximum Gasteiger partial charge on any atom is 0.328 e. The van der Waals surface area contributed by atoms with Gasteiger partial charge in [0.2, 0.25) is 0 Å². The first-order chi connectivity index (χ1) is 9.88. The van der Waals surface area contributed by atoms with E-state index in [2.05, 4.69) is 0 Å². The third kappa shape index (κ3) is 3.37. The molecule has 0 fully saturated rings. The summed E-state index contributed by atoms with van der Waals surface area (Å²) in [5, 5.41) is 8.80. The average Bonchev–Trinajstić information content (AvgIpc) is 2.41. The maximum atomic E-state index is 14.1. The van der Waals surface area contributed by atoms with Crippen LogP contribution in [-0.4, -0.2) is 11.1 Å². The highest BCUT2D eigenvalue weighted by molar-refractivity contribution is 5.90. The number of aryl methyl sites for hydroxylation is 2. The number of benzene rings is 2. The summed E-state index contributed by atoms with van der Waals surface area (Å²) in [5.74, 6) is -1.32. The van der Waals surface area contributed by atoms with Crippen LogP contribution in [0.15, 0.2) is 42.5 Å². The van der Waals surface area contributed by atoms with E-state index in [1.165, 1.54) is 6.07 Å². The van der Waals surface area contributed by atoms with Crippen molar-refractivity contribution < 1.29 is 14.3 Å². The Balaban J connectivity index is 2.53. The maximum absolute atomic E-state index is 14.1. The van der Waals surface area contributed by atoms with Crippen LogP contribution in [0.2, 0.25) is 0 Å². The third-order valence-corrected chi connectivity index (χ3v) is 3.58. The summed E-state index contributed by atoms with van der Waals surface area (Å²) < 4.78 is 14.1. The van der Waals surface area contributed by atoms with Crippen molar-refractivity contribution in [2.24, 2.45) is 0 Å². The van der Waals surface area contributed by atoms with Crippen LogP contribution < -0.4 is 0 Å². The van der Waals surface area contributed by atoms with Crippen molar-refractivity contribution in [1.82, 2.24) is 0 Å². The number of carboxylic acids is 1. The van der Waals surface area contributed by atoms with E-state index < -0.39 is 5.97 Å². The first-order valence-electron chi connectivity index (χ1n) is 6.67. The van der Waals surface area contributed by atoms with Crippen LogP contribution in [-0.2, 0) is 4.79 Å². The molecule has 21 heavy (non-hydrogen) atoms. The van der Waals surface area contributed by atoms with Gasteiger partial charge in [-0.05, 0) is 60.7 Å². The monoisotopic (exact) mass is 284 g/mol. The largest absolute Gasteiger partial charge is 0.478 e. The van der Waals surface area contributed by atoms with Crippen LogP contribution in [0, 0.1) is 19.7 Å². The first-order valence-corrected chi connectivity index (χ1v) is 6.67. The van der Waals surface area contributed by atoms with Gasteiger partial charge in [-0.15, -0.1) is 0 Å². The lowest BCUT2D eigenvalue weighted by molar-refractivity contribution is -0.131. The molecule has 2 nitrogen and oxygen atoms in total. The highest BCUT2D eigenvalue weighted by Crippen LogP contribution is 2.28. The number of rotatable bonds is 3. The Morgan fingerprint density at radius 3 is 2.43 bits per heavy atom. The van der Waals surface area contributed by atoms with Gasteiger partial charge in [0.25, 0.3) is 0 Å². The summed E-state index contributed by atoms with van der Waals surface area (Å²) in [7, 11) is 0. The van der Waals surface area contributed by atoms with Crippen LogP contribution in [0.4, 0.5) is 4.39 Å². The predicted octanol–water partition coefficient (Wildman–Crippen LogP) is 4.60. The highest BCUT2D eigenvalue weighted by Gasteiger charge is 2.09. The molecule has 2 rings (SSSR count). The molecule has 0 saturated carbocycles. The Bertz CT molecular complexity index is 730. The Morgan fingerprint density at radius 1 is 1.10 bits per heavy atom. The van der Waals surface area contributed by atoms with E-state index in [-0.39, 0.29) is 5.82 Å². The van der Waals surface area contributed by atoms with Crippen molar-refractivity contribution in [3.8, 4) is 11.1 Å². The van der Waals surface area contributed by atoms with Crippen LogP contribution >= 0.6 is 0 Å². The van der Waals surface area contributed by atoms with Gasteiger partial charge in [-0.25, -0.2) is 9.18 Å². The molecule has 0 amide bonds. The summed E-state index contributed by atoms with van der Waals surface area (Å²) in [6.07, 6.45) is 1.12. The Labute approximate surface area is 123 Å². The molecule has 0 atom stereocenters. The number of carbonyl (C=O) groups is 1. The molecule has 0 aromatic heterocycles. The minimum absolute atomic E-state index is 0.315. The molecular formula is C18H17FO2. The van der Waals surface area contributed by atoms with E-state index in [4.69, 9.17) is 5.11 Å². The summed E-state index contributed by atoms with van der Waals surface area (Å²) >= 11 is 0. The molecule has 2 aromatic rings. The van der Waals surface area contributed by atoms with Gasteiger partial charge in [0.15, 0.2) is 0 Å². The number of carboxylic acid groups (broad SMARTS) is 1. The third-order valence-electron chi connectivity index (χ3n) is 3.58. The minimum Gasteiger partial charge on any atom is -0.478 e. The van der Waals surface area contributed by atoms with Gasteiger partial charge >= 0.3 is 5.97 Å². The number of hydrogen-bond acceptors (Lipinski definition) is 1. The second kappa shape index (κ2) is 5.92. The fourth-order valence-corrected chi connectivity index (χ4v) is 2.17. The molecule has 0 aliphatic carbocycles. The lowest BCUT2D eigenvalue weighted by Crippen LogP contribution is -1.93. The van der Waals surface area contributed by atoms with Crippen molar-refractivity contribution in [3.05, 3.63) is 65.0 Å². The highest BCUT2D eigenvalue weighted by atomic mass is 19.1. The quantitative estimate of drug-likeness (QED) is 0.836. The van der Waals surface area contributed by atoms with Crippen LogP contribution in [0.5, 0.6) is 0 Å². The van der Waals surface area contributed by atoms with Gasteiger partial charge in [0.1, 0.15) is 5.82 Å². The van der Waals surface area contributed by atoms with Crippen molar-refractivity contribution in [3.63, 3.8) is 0 Å². The topological polar surface area (TPSA) is 37.3 Å². The van der Waals surface area contributed by atoms with Crippen LogP contribution in [0.1, 0.15) is 23.6 Å². The van der Waals surface area contributed by atoms with E-state index in [1.807, 2.05) is 32.0 Å². The number of hydrogen-bond donors (Lipinski definition) is 1. The standard InChI is InChI=1S/C18H17FO2/c1-11-4-5-15(8-12(11)2)16-10-14(6-7-17(16)19)13(3)9-18(20)21/h4-10H,1-3H3,(H,20,21)/b13-9+. The zero-order valence-corrected chi connectivity index (χ0v) is 12.3. The molecule has 0 spiro atoms. The van der Waals surface area contributed by atoms with E-state index in [9.17, 15) is 9.18 Å². The molecule has 0 radical (unpaired) electrons. The fraction of sp³-hybridized carbons (Fsp3) is 0.167. The number of allylic oxidation sites excluding steroid dienone is 1. The Hall–Kier alpha value is -2.42. The smallest absolute Gasteiger partial charge is 0.328 e. The second-order valence-electron chi connectivity index (χ2n) is 5.16. The molecule has 108 valence electrons. The zero-order chi connectivity index (χ0) is 15.6. The van der Waals surface area contributed by atoms with Crippen molar-refractivity contribution in [2.45, 2.75) is 20.8 Å². The molecule has 1 N–H and O–H groups in total. The fourth-order valence-electron chi connectivity index (χ4n) is 2.17. The molecule has 0 bridgehead atoms. The van der Waals surface area contributed by atoms with Gasteiger partial charge in [-0.3, -0.25) is 0 Å². The Kier molecular flexibility index (Phi) is 4.22. The molecule has 0 unspecified atom stereocenters. The predicted molar refractivity (Wildman–Crippen MR) is 82.6 cm³/mol. The van der Waals surface area contributed by atoms with E-state index in [1.54, 1.807) is 19.1 Å². The van der Waals surface area contributed by atoms with Gasteiger partial charge in [-0.2, -0.15) is 0 Å². The molecule has 0 aliphatic rings. The zero-order valence-electron chi connectivity index (χ0n) is 12.3. The number of halogens is 1. The van der Waals surface area contributed by atoms with Gasteiger partial charge < -0.3 is 5.11 Å². The molecule has 0 aliphatic heterocycles. The Morgan fingerprint density at radius 2 is 1.81 bits per heavy atom. The minimum atomic E-state index is -1.01. The lowest BCUT2D eigenvalue weighted by Gasteiger charge is -2.09. The van der Waals surface area contributed by atoms with Crippen molar-refractivity contribution in [2.75, 3.05) is 0 Å². The summed E-state index contributed by atoms with van der Waals surface area (Å²) in [6.45, 7) is 5.69. The van der Waals surface area contributed by atoms with E-state index in [0.29, 0.717) is 16.7 Å². The van der Waals surface area contributed by atoms with Gasteiger partial charge in [0, 0.05) is 11.6 Å². The molecule has 3 heteroatoms. The van der Waals surface area contributed by atoms with Gasteiger partial charge in [0.05, 0.1) is 0 Å². The first kappa shape index (κ1) is 15.0. The summed E-state index contributed by atoms with van der Waals surface area (Å²) in [5.41, 5.74) is 4.81. The molecule has 0 saturated heterocycles. The summed E-state index contributed by atoms with van der Waals surface area (Å²) in [6, 6.07) is 10.4. The van der Waals surface area contributed by atoms with Crippen LogP contribution in [0.3, 0.4) is 0 Å². The average molecular weight is 284 g/mol. The number of aliphatic carboxylic acids is 1. The SMILES string of the molecule is C/C(=C\C(=O)O)c1ccc(F)c(-c2ccc(C)c(C)c2)c1. The lowest BCUT2D eigenvalue weighted by atomic mass is 9.96. The van der Waals surface area contributed by atoms with Crippen molar-refractivity contribution in [1.29, 1.82) is 0 Å². The van der Waals surface area contributed by atoms with Crippen LogP contribution in [0.25, 0.3) is 16.7 Å². The molecule has 2 aromatic carbocycles. The van der Waals surface area contributed by atoms with E-state index in [0.717, 1.165) is 22.8 Å². The van der Waals surface area contributed by atoms with Crippen molar-refractivity contribution >= 4 is 11.5 Å². The molecule has 0 heterocycles. The van der Waals surface area contributed by atoms with Gasteiger partial charge in [-0.1, -0.05) is 24.3 Å². The normalized spacial score (nSPS) is 11.5. The van der Waals surface area contributed by atoms with E-state index >= 15 is 0 Å². The summed E-state index contributed by atoms with van der Waals surface area (Å²) in [4.78, 5) is 10.7. The second-order valence-corrected chi connectivity index (χ2v) is 5.16. The molecular weight excluding hydrogens is 267 g/mol.